The van der Waals surface area contributed by atoms with E-state index in [1.165, 1.54) is 16.4 Å². The fraction of sp³-hybridized carbons (Fsp3) is 0.500. The van der Waals surface area contributed by atoms with Gasteiger partial charge in [-0.1, -0.05) is 37.5 Å². The van der Waals surface area contributed by atoms with Gasteiger partial charge in [-0.25, -0.2) is 8.42 Å². The summed E-state index contributed by atoms with van der Waals surface area (Å²) in [7, 11) is -3.76. The number of sulfonamides is 1. The summed E-state index contributed by atoms with van der Waals surface area (Å²) in [5.74, 6) is 2.18. The van der Waals surface area contributed by atoms with E-state index in [0.29, 0.717) is 0 Å². The van der Waals surface area contributed by atoms with Crippen molar-refractivity contribution in [3.63, 3.8) is 0 Å². The van der Waals surface area contributed by atoms with Crippen molar-refractivity contribution in [2.75, 3.05) is 6.61 Å². The van der Waals surface area contributed by atoms with Gasteiger partial charge in [0.05, 0.1) is 17.0 Å². The average Bonchev–Trinajstić information content (AvgIpc) is 3.24. The Balaban J connectivity index is 2.41. The van der Waals surface area contributed by atoms with Gasteiger partial charge in [-0.3, -0.25) is 0 Å². The number of terminal acetylenes is 1. The largest absolute Gasteiger partial charge is 0.396 e. The fourth-order valence-electron chi connectivity index (χ4n) is 2.68. The first-order valence-corrected chi connectivity index (χ1v) is 8.46. The lowest BCUT2D eigenvalue weighted by Crippen LogP contribution is -2.30. The first kappa shape index (κ1) is 17.0. The predicted octanol–water partition coefficient (Wildman–Crippen LogP) is 0.749. The Morgan fingerprint density at radius 3 is 2.36 bits per heavy atom. The van der Waals surface area contributed by atoms with E-state index in [1.54, 1.807) is 26.0 Å². The molecular formula is C16H21NO4S. The molecule has 1 unspecified atom stereocenters. The standard InChI is InChI=1S/C16H21NO4S/c1-5-13(19)14-15(16(3,4)10-18)17(14)22(20,21)12-8-6-11(2)7-9-12/h1,6-9,13-15,18-19H,10H2,2-4H3/t13-,14+,15-,17?/m0/s1. The van der Waals surface area contributed by atoms with Crippen molar-refractivity contribution in [3.8, 4) is 12.3 Å². The minimum Gasteiger partial charge on any atom is -0.396 e. The molecule has 4 atom stereocenters. The van der Waals surface area contributed by atoms with Crippen LogP contribution < -0.4 is 0 Å². The van der Waals surface area contributed by atoms with Gasteiger partial charge in [0.1, 0.15) is 6.10 Å². The summed E-state index contributed by atoms with van der Waals surface area (Å²) in [5.41, 5.74) is 0.262. The van der Waals surface area contributed by atoms with E-state index in [-0.39, 0.29) is 11.5 Å². The molecule has 0 radical (unpaired) electrons. The van der Waals surface area contributed by atoms with Gasteiger partial charge >= 0.3 is 0 Å². The maximum atomic E-state index is 12.8. The maximum Gasteiger partial charge on any atom is 0.243 e. The van der Waals surface area contributed by atoms with E-state index in [0.717, 1.165) is 5.56 Å². The highest BCUT2D eigenvalue weighted by atomic mass is 32.2. The van der Waals surface area contributed by atoms with Crippen molar-refractivity contribution >= 4 is 10.0 Å². The van der Waals surface area contributed by atoms with Crippen LogP contribution in [-0.4, -0.2) is 47.7 Å². The van der Waals surface area contributed by atoms with E-state index in [9.17, 15) is 18.6 Å². The lowest BCUT2D eigenvalue weighted by Gasteiger charge is -2.21. The summed E-state index contributed by atoms with van der Waals surface area (Å²) in [4.78, 5) is 0.156. The Hall–Kier alpha value is -1.39. The van der Waals surface area contributed by atoms with Crippen molar-refractivity contribution < 1.29 is 18.6 Å². The van der Waals surface area contributed by atoms with Crippen molar-refractivity contribution in [2.45, 2.75) is 43.9 Å². The van der Waals surface area contributed by atoms with Gasteiger partial charge in [0.25, 0.3) is 0 Å². The van der Waals surface area contributed by atoms with Crippen molar-refractivity contribution in [3.05, 3.63) is 29.8 Å². The highest BCUT2D eigenvalue weighted by Gasteiger charge is 2.63. The van der Waals surface area contributed by atoms with Gasteiger partial charge in [-0.05, 0) is 19.1 Å². The van der Waals surface area contributed by atoms with Crippen LogP contribution in [-0.2, 0) is 10.0 Å². The Kier molecular flexibility index (Phi) is 4.37. The molecule has 22 heavy (non-hydrogen) atoms. The molecule has 1 heterocycles. The zero-order chi connectivity index (χ0) is 16.7. The molecule has 120 valence electrons. The number of aliphatic hydroxyl groups is 2. The smallest absolute Gasteiger partial charge is 0.243 e. The lowest BCUT2D eigenvalue weighted by atomic mass is 9.87. The molecule has 5 nitrogen and oxygen atoms in total. The van der Waals surface area contributed by atoms with Gasteiger partial charge in [0.15, 0.2) is 0 Å². The Morgan fingerprint density at radius 2 is 1.91 bits per heavy atom. The van der Waals surface area contributed by atoms with Crippen LogP contribution in [0.4, 0.5) is 0 Å². The normalized spacial score (nSPS) is 26.3. The molecule has 0 saturated carbocycles. The zero-order valence-corrected chi connectivity index (χ0v) is 13.7. The van der Waals surface area contributed by atoms with Crippen molar-refractivity contribution in [2.24, 2.45) is 5.41 Å². The molecule has 1 aromatic rings. The Bertz CT molecular complexity index is 688. The van der Waals surface area contributed by atoms with Crippen LogP contribution in [0, 0.1) is 24.7 Å². The SMILES string of the molecule is C#C[C@H](O)[C@@H]1[C@@H](C(C)(C)CO)N1S(=O)(=O)c1ccc(C)cc1. The lowest BCUT2D eigenvalue weighted by molar-refractivity contribution is 0.144. The molecule has 1 saturated heterocycles. The fourth-order valence-corrected chi connectivity index (χ4v) is 4.61. The van der Waals surface area contributed by atoms with Crippen LogP contribution >= 0.6 is 0 Å². The molecule has 6 heteroatoms. The average molecular weight is 323 g/mol. The van der Waals surface area contributed by atoms with Crippen molar-refractivity contribution in [1.29, 1.82) is 0 Å². The second kappa shape index (κ2) is 5.67. The third kappa shape index (κ3) is 2.77. The van der Waals surface area contributed by atoms with Crippen LogP contribution in [0.5, 0.6) is 0 Å². The van der Waals surface area contributed by atoms with Gasteiger partial charge < -0.3 is 10.2 Å². The monoisotopic (exact) mass is 323 g/mol. The topological polar surface area (TPSA) is 77.6 Å². The van der Waals surface area contributed by atoms with E-state index in [4.69, 9.17) is 6.42 Å². The molecule has 1 fully saturated rings. The third-order valence-corrected chi connectivity index (χ3v) is 5.99. The van der Waals surface area contributed by atoms with Crippen LogP contribution in [0.2, 0.25) is 0 Å². The third-order valence-electron chi connectivity index (χ3n) is 4.10. The predicted molar refractivity (Wildman–Crippen MR) is 83.5 cm³/mol. The number of nitrogens with zero attached hydrogens (tertiary/aromatic N) is 1. The van der Waals surface area contributed by atoms with E-state index in [1.807, 2.05) is 6.92 Å². The van der Waals surface area contributed by atoms with Crippen LogP contribution in [0.1, 0.15) is 19.4 Å². The Labute approximate surface area is 131 Å². The zero-order valence-electron chi connectivity index (χ0n) is 12.9. The second-order valence-corrected chi connectivity index (χ2v) is 8.18. The van der Waals surface area contributed by atoms with E-state index < -0.39 is 33.6 Å². The number of hydrogen-bond acceptors (Lipinski definition) is 4. The summed E-state index contributed by atoms with van der Waals surface area (Å²) in [6.07, 6.45) is 4.04. The molecule has 2 rings (SSSR count). The summed E-state index contributed by atoms with van der Waals surface area (Å²) in [6, 6.07) is 5.26. The number of aryl methyl sites for hydroxylation is 1. The molecule has 1 aromatic carbocycles. The summed E-state index contributed by atoms with van der Waals surface area (Å²) >= 11 is 0. The van der Waals surface area contributed by atoms with Gasteiger partial charge in [0.2, 0.25) is 10.0 Å². The van der Waals surface area contributed by atoms with Crippen LogP contribution in [0.3, 0.4) is 0 Å². The van der Waals surface area contributed by atoms with Crippen LogP contribution in [0.25, 0.3) is 0 Å². The van der Waals surface area contributed by atoms with Gasteiger partial charge in [-0.2, -0.15) is 4.31 Å². The molecule has 0 aliphatic carbocycles. The first-order valence-electron chi connectivity index (χ1n) is 7.02. The molecule has 0 amide bonds. The number of rotatable bonds is 5. The number of hydrogen-bond donors (Lipinski definition) is 2. The minimum absolute atomic E-state index is 0.156. The van der Waals surface area contributed by atoms with E-state index in [2.05, 4.69) is 5.92 Å². The summed E-state index contributed by atoms with van der Waals surface area (Å²) in [6.45, 7) is 5.17. The molecule has 0 aromatic heterocycles. The van der Waals surface area contributed by atoms with Crippen molar-refractivity contribution in [1.82, 2.24) is 4.31 Å². The number of benzene rings is 1. The minimum atomic E-state index is -3.76. The number of aliphatic hydroxyl groups excluding tert-OH is 2. The molecular weight excluding hydrogens is 302 g/mol. The molecule has 1 aliphatic heterocycles. The summed E-state index contributed by atoms with van der Waals surface area (Å²) < 4.78 is 26.8. The molecule has 0 spiro atoms. The maximum absolute atomic E-state index is 12.8. The summed E-state index contributed by atoms with van der Waals surface area (Å²) in [5, 5.41) is 19.4. The molecule has 1 aliphatic rings. The Morgan fingerprint density at radius 1 is 1.36 bits per heavy atom. The second-order valence-electron chi connectivity index (χ2n) is 6.34. The van der Waals surface area contributed by atoms with Gasteiger partial charge in [-0.15, -0.1) is 6.42 Å². The molecule has 0 bridgehead atoms. The molecule has 2 N–H and O–H groups in total. The van der Waals surface area contributed by atoms with E-state index >= 15 is 0 Å². The highest BCUT2D eigenvalue weighted by molar-refractivity contribution is 7.89. The van der Waals surface area contributed by atoms with Gasteiger partial charge in [0, 0.05) is 12.0 Å². The quantitative estimate of drug-likeness (QED) is 0.619. The highest BCUT2D eigenvalue weighted by Crippen LogP contribution is 2.47. The van der Waals surface area contributed by atoms with Crippen LogP contribution in [0.15, 0.2) is 29.2 Å². The first-order chi connectivity index (χ1) is 10.2.